The van der Waals surface area contributed by atoms with Crippen molar-refractivity contribution in [3.63, 3.8) is 0 Å². The molecule has 1 aromatic rings. The first kappa shape index (κ1) is 21.1. The van der Waals surface area contributed by atoms with E-state index in [4.69, 9.17) is 9.47 Å². The van der Waals surface area contributed by atoms with Crippen LogP contribution in [0.5, 0.6) is 17.2 Å². The summed E-state index contributed by atoms with van der Waals surface area (Å²) in [7, 11) is 3.12. The van der Waals surface area contributed by atoms with Gasteiger partial charge in [-0.25, -0.2) is 0 Å². The third-order valence-electron chi connectivity index (χ3n) is 3.87. The maximum atomic E-state index is 10.0. The van der Waals surface area contributed by atoms with Crippen molar-refractivity contribution in [2.45, 2.75) is 19.4 Å². The second-order valence-electron chi connectivity index (χ2n) is 4.98. The first-order valence-corrected chi connectivity index (χ1v) is 7.10. The highest BCUT2D eigenvalue weighted by Gasteiger charge is 2.23. The number of nitrogens with one attached hydrogen (secondary N) is 1. The Labute approximate surface area is 144 Å². The highest BCUT2D eigenvalue weighted by molar-refractivity contribution is 5.85. The molecule has 1 fully saturated rings. The maximum Gasteiger partial charge on any atom is 0.200 e. The molecule has 5 nitrogen and oxygen atoms in total. The number of halogens is 2. The van der Waals surface area contributed by atoms with Crippen molar-refractivity contribution in [1.29, 1.82) is 0 Å². The topological polar surface area (TPSA) is 54.0 Å². The second kappa shape index (κ2) is 10.0. The predicted octanol–water partition coefficient (Wildman–Crippen LogP) is 2.61. The van der Waals surface area contributed by atoms with Gasteiger partial charge in [-0.15, -0.1) is 24.8 Å². The van der Waals surface area contributed by atoms with Crippen LogP contribution in [0.3, 0.4) is 0 Å². The Kier molecular flexibility index (Phi) is 9.60. The molecule has 0 amide bonds. The highest BCUT2D eigenvalue weighted by atomic mass is 35.5. The Hall–Kier alpha value is -0.880. The van der Waals surface area contributed by atoms with Gasteiger partial charge >= 0.3 is 0 Å². The Bertz CT molecular complexity index is 429. The molecule has 128 valence electrons. The van der Waals surface area contributed by atoms with E-state index in [-0.39, 0.29) is 30.6 Å². The van der Waals surface area contributed by atoms with Crippen LogP contribution >= 0.6 is 24.8 Å². The fraction of sp³-hybridized carbons (Fsp3) is 0.600. The molecule has 1 aliphatic heterocycles. The van der Waals surface area contributed by atoms with E-state index in [2.05, 4.69) is 17.1 Å². The third-order valence-corrected chi connectivity index (χ3v) is 3.87. The van der Waals surface area contributed by atoms with Gasteiger partial charge in [0.05, 0.1) is 14.2 Å². The lowest BCUT2D eigenvalue weighted by Crippen LogP contribution is -2.45. The molecule has 0 bridgehead atoms. The summed E-state index contributed by atoms with van der Waals surface area (Å²) in [5, 5.41) is 13.4. The average molecular weight is 353 g/mol. The van der Waals surface area contributed by atoms with Crippen LogP contribution in [0.15, 0.2) is 12.1 Å². The van der Waals surface area contributed by atoms with Crippen molar-refractivity contribution in [2.75, 3.05) is 40.4 Å². The normalized spacial score (nSPS) is 16.1. The summed E-state index contributed by atoms with van der Waals surface area (Å²) in [5.74, 6) is 0.995. The quantitative estimate of drug-likeness (QED) is 0.852. The smallest absolute Gasteiger partial charge is 0.200 e. The summed E-state index contributed by atoms with van der Waals surface area (Å²) in [6, 6.07) is 4.14. The summed E-state index contributed by atoms with van der Waals surface area (Å²) in [5.41, 5.74) is 1.13. The van der Waals surface area contributed by atoms with E-state index in [1.165, 1.54) is 0 Å². The van der Waals surface area contributed by atoms with Crippen LogP contribution in [-0.4, -0.2) is 50.4 Å². The Morgan fingerprint density at radius 3 is 2.05 bits per heavy atom. The lowest BCUT2D eigenvalue weighted by atomic mass is 10.0. The number of hydrogen-bond donors (Lipinski definition) is 2. The number of nitrogens with zero attached hydrogens (tertiary/aromatic N) is 1. The molecule has 7 heteroatoms. The lowest BCUT2D eigenvalue weighted by Gasteiger charge is -2.35. The number of rotatable bonds is 5. The summed E-state index contributed by atoms with van der Waals surface area (Å²) in [6.45, 7) is 6.28. The monoisotopic (exact) mass is 352 g/mol. The van der Waals surface area contributed by atoms with Crippen LogP contribution in [0.2, 0.25) is 0 Å². The summed E-state index contributed by atoms with van der Waals surface area (Å²) in [4.78, 5) is 2.46. The molecule has 2 N–H and O–H groups in total. The van der Waals surface area contributed by atoms with Gasteiger partial charge in [0.25, 0.3) is 0 Å². The van der Waals surface area contributed by atoms with Gasteiger partial charge in [-0.3, -0.25) is 4.90 Å². The predicted molar refractivity (Wildman–Crippen MR) is 93.2 cm³/mol. The third kappa shape index (κ3) is 4.56. The van der Waals surface area contributed by atoms with Gasteiger partial charge in [0.1, 0.15) is 0 Å². The molecule has 0 aliphatic carbocycles. The first-order chi connectivity index (χ1) is 9.71. The van der Waals surface area contributed by atoms with Crippen molar-refractivity contribution in [3.05, 3.63) is 17.7 Å². The second-order valence-corrected chi connectivity index (χ2v) is 4.98. The number of methoxy groups -OCH3 is 2. The van der Waals surface area contributed by atoms with Gasteiger partial charge in [0, 0.05) is 32.2 Å². The number of phenols is 1. The molecule has 2 rings (SSSR count). The van der Waals surface area contributed by atoms with Crippen molar-refractivity contribution in [2.24, 2.45) is 0 Å². The largest absolute Gasteiger partial charge is 0.502 e. The van der Waals surface area contributed by atoms with E-state index in [0.717, 1.165) is 38.2 Å². The zero-order valence-electron chi connectivity index (χ0n) is 13.3. The van der Waals surface area contributed by atoms with Gasteiger partial charge < -0.3 is 19.9 Å². The van der Waals surface area contributed by atoms with E-state index >= 15 is 0 Å². The molecule has 22 heavy (non-hydrogen) atoms. The van der Waals surface area contributed by atoms with E-state index < -0.39 is 0 Å². The average Bonchev–Trinajstić information content (AvgIpc) is 2.50. The molecule has 0 aromatic heterocycles. The standard InChI is InChI=1S/C15H24N2O3.2ClH/c1-4-12(17-7-5-16-6-8-17)11-9-13(19-2)15(18)14(10-11)20-3;;/h9-10,12,16,18H,4-8H2,1-3H3;2*1H/t12-;;/m1../s1. The first-order valence-electron chi connectivity index (χ1n) is 7.10. The minimum atomic E-state index is 0. The van der Waals surface area contributed by atoms with E-state index in [0.29, 0.717) is 17.5 Å². The highest BCUT2D eigenvalue weighted by Crippen LogP contribution is 2.40. The van der Waals surface area contributed by atoms with Crippen molar-refractivity contribution in [1.82, 2.24) is 10.2 Å². The zero-order valence-corrected chi connectivity index (χ0v) is 14.9. The molecule has 0 saturated carbocycles. The Morgan fingerprint density at radius 1 is 1.14 bits per heavy atom. The summed E-state index contributed by atoms with van der Waals surface area (Å²) < 4.78 is 10.5. The molecule has 0 radical (unpaired) electrons. The lowest BCUT2D eigenvalue weighted by molar-refractivity contribution is 0.168. The number of piperazine rings is 1. The van der Waals surface area contributed by atoms with E-state index in [1.807, 2.05) is 12.1 Å². The van der Waals surface area contributed by atoms with E-state index in [9.17, 15) is 5.11 Å². The van der Waals surface area contributed by atoms with Crippen LogP contribution in [-0.2, 0) is 0 Å². The van der Waals surface area contributed by atoms with Gasteiger partial charge in [0.2, 0.25) is 5.75 Å². The van der Waals surface area contributed by atoms with Crippen LogP contribution in [0.25, 0.3) is 0 Å². The Morgan fingerprint density at radius 2 is 1.64 bits per heavy atom. The molecule has 1 aromatic carbocycles. The zero-order chi connectivity index (χ0) is 14.5. The van der Waals surface area contributed by atoms with Crippen LogP contribution in [0.4, 0.5) is 0 Å². The Balaban J connectivity index is 0.00000220. The SMILES string of the molecule is CC[C@H](c1cc(OC)c(O)c(OC)c1)N1CCNCC1.Cl.Cl. The van der Waals surface area contributed by atoms with Crippen LogP contribution in [0, 0.1) is 0 Å². The van der Waals surface area contributed by atoms with Crippen LogP contribution < -0.4 is 14.8 Å². The van der Waals surface area contributed by atoms with E-state index in [1.54, 1.807) is 14.2 Å². The molecular weight excluding hydrogens is 327 g/mol. The van der Waals surface area contributed by atoms with Crippen molar-refractivity contribution < 1.29 is 14.6 Å². The number of benzene rings is 1. The fourth-order valence-corrected chi connectivity index (χ4v) is 2.80. The number of phenolic OH excluding ortho intramolecular Hbond substituents is 1. The molecule has 1 heterocycles. The summed E-state index contributed by atoms with van der Waals surface area (Å²) in [6.07, 6.45) is 1.01. The maximum absolute atomic E-state index is 10.0. The fourth-order valence-electron chi connectivity index (χ4n) is 2.80. The number of hydrogen-bond acceptors (Lipinski definition) is 5. The van der Waals surface area contributed by atoms with Gasteiger partial charge in [-0.05, 0) is 24.1 Å². The molecule has 1 saturated heterocycles. The molecule has 0 spiro atoms. The number of aromatic hydroxyl groups is 1. The molecule has 0 unspecified atom stereocenters. The number of ether oxygens (including phenoxy) is 2. The van der Waals surface area contributed by atoms with Gasteiger partial charge in [-0.2, -0.15) is 0 Å². The van der Waals surface area contributed by atoms with Crippen LogP contribution in [0.1, 0.15) is 24.9 Å². The molecule has 1 aliphatic rings. The molecule has 1 atom stereocenters. The van der Waals surface area contributed by atoms with Crippen molar-refractivity contribution >= 4 is 24.8 Å². The minimum absolute atomic E-state index is 0. The minimum Gasteiger partial charge on any atom is -0.502 e. The van der Waals surface area contributed by atoms with Gasteiger partial charge in [0.15, 0.2) is 11.5 Å². The summed E-state index contributed by atoms with van der Waals surface area (Å²) >= 11 is 0. The molecular formula is C15H26Cl2N2O3. The van der Waals surface area contributed by atoms with Gasteiger partial charge in [-0.1, -0.05) is 6.92 Å². The van der Waals surface area contributed by atoms with Crippen molar-refractivity contribution in [3.8, 4) is 17.2 Å².